The van der Waals surface area contributed by atoms with Gasteiger partial charge in [0.05, 0.1) is 12.2 Å². The van der Waals surface area contributed by atoms with Gasteiger partial charge >= 0.3 is 5.97 Å². The number of ether oxygens (including phenoxy) is 1. The van der Waals surface area contributed by atoms with Gasteiger partial charge in [-0.1, -0.05) is 18.2 Å². The quantitative estimate of drug-likeness (QED) is 0.670. The van der Waals surface area contributed by atoms with E-state index in [1.165, 1.54) is 0 Å². The van der Waals surface area contributed by atoms with Crippen LogP contribution in [0.15, 0.2) is 42.6 Å². The molecule has 0 radical (unpaired) electrons. The minimum atomic E-state index is -0.334. The van der Waals surface area contributed by atoms with Gasteiger partial charge in [0.2, 0.25) is 0 Å². The Morgan fingerprint density at radius 1 is 1.20 bits per heavy atom. The predicted octanol–water partition coefficient (Wildman–Crippen LogP) is 2.63. The third kappa shape index (κ3) is 3.57. The van der Waals surface area contributed by atoms with Crippen LogP contribution >= 0.6 is 0 Å². The second-order valence-corrected chi connectivity index (χ2v) is 4.46. The van der Waals surface area contributed by atoms with Crippen molar-refractivity contribution in [2.75, 3.05) is 12.3 Å². The van der Waals surface area contributed by atoms with Crippen LogP contribution in [0, 0.1) is 0 Å². The van der Waals surface area contributed by atoms with Gasteiger partial charge in [-0.2, -0.15) is 0 Å². The van der Waals surface area contributed by atoms with Crippen LogP contribution in [-0.4, -0.2) is 17.6 Å². The van der Waals surface area contributed by atoms with Crippen LogP contribution in [0.1, 0.15) is 28.5 Å². The van der Waals surface area contributed by atoms with E-state index in [4.69, 9.17) is 10.5 Å². The number of para-hydroxylation sites is 1. The Morgan fingerprint density at radius 3 is 2.65 bits per heavy atom. The molecule has 0 bridgehead atoms. The number of carbonyl (C=O) groups excluding carboxylic acids is 1. The van der Waals surface area contributed by atoms with Gasteiger partial charge in [0, 0.05) is 17.6 Å². The Kier molecular flexibility index (Phi) is 4.71. The zero-order valence-electron chi connectivity index (χ0n) is 11.5. The van der Waals surface area contributed by atoms with Crippen LogP contribution in [0.3, 0.4) is 0 Å². The van der Waals surface area contributed by atoms with Crippen LogP contribution in [0.4, 0.5) is 5.69 Å². The molecule has 20 heavy (non-hydrogen) atoms. The van der Waals surface area contributed by atoms with Crippen LogP contribution in [0.25, 0.3) is 0 Å². The minimum Gasteiger partial charge on any atom is -0.462 e. The molecule has 4 heteroatoms. The maximum absolute atomic E-state index is 11.5. The molecule has 1 heterocycles. The maximum atomic E-state index is 11.5. The van der Waals surface area contributed by atoms with Gasteiger partial charge in [0.1, 0.15) is 0 Å². The summed E-state index contributed by atoms with van der Waals surface area (Å²) < 4.78 is 4.92. The molecule has 0 aliphatic heterocycles. The van der Waals surface area contributed by atoms with E-state index in [2.05, 4.69) is 4.98 Å². The zero-order valence-corrected chi connectivity index (χ0v) is 11.5. The number of nitrogens with two attached hydrogens (primary N) is 1. The molecule has 2 rings (SSSR count). The van der Waals surface area contributed by atoms with Crippen molar-refractivity contribution in [3.05, 3.63) is 59.4 Å². The predicted molar refractivity (Wildman–Crippen MR) is 78.5 cm³/mol. The number of nitrogen functional groups attached to an aromatic ring is 1. The molecule has 0 saturated carbocycles. The fourth-order valence-electron chi connectivity index (χ4n) is 1.93. The van der Waals surface area contributed by atoms with Crippen molar-refractivity contribution in [3.63, 3.8) is 0 Å². The van der Waals surface area contributed by atoms with Crippen molar-refractivity contribution in [2.45, 2.75) is 19.8 Å². The van der Waals surface area contributed by atoms with Crippen molar-refractivity contribution in [1.29, 1.82) is 0 Å². The Labute approximate surface area is 118 Å². The van der Waals surface area contributed by atoms with Gasteiger partial charge in [0.25, 0.3) is 0 Å². The number of hydrogen-bond donors (Lipinski definition) is 1. The first kappa shape index (κ1) is 14.1. The number of aromatic nitrogens is 1. The van der Waals surface area contributed by atoms with Gasteiger partial charge in [0.15, 0.2) is 0 Å². The van der Waals surface area contributed by atoms with Gasteiger partial charge in [-0.05, 0) is 43.5 Å². The molecule has 0 saturated heterocycles. The van der Waals surface area contributed by atoms with Crippen molar-refractivity contribution in [1.82, 2.24) is 4.98 Å². The molecular formula is C16H18N2O2. The summed E-state index contributed by atoms with van der Waals surface area (Å²) in [6.07, 6.45) is 3.18. The van der Waals surface area contributed by atoms with Crippen LogP contribution < -0.4 is 5.73 Å². The van der Waals surface area contributed by atoms with E-state index in [-0.39, 0.29) is 5.97 Å². The summed E-state index contributed by atoms with van der Waals surface area (Å²) in [5.74, 6) is -0.334. The Bertz CT molecular complexity index is 579. The Morgan fingerprint density at radius 2 is 2.00 bits per heavy atom. The zero-order chi connectivity index (χ0) is 14.4. The lowest BCUT2D eigenvalue weighted by Crippen LogP contribution is -2.06. The highest BCUT2D eigenvalue weighted by Crippen LogP contribution is 2.13. The lowest BCUT2D eigenvalue weighted by molar-refractivity contribution is 0.0526. The second-order valence-electron chi connectivity index (χ2n) is 4.46. The van der Waals surface area contributed by atoms with E-state index in [9.17, 15) is 4.79 Å². The number of nitrogens with zero attached hydrogens (tertiary/aromatic N) is 1. The average Bonchev–Trinajstić information content (AvgIpc) is 2.47. The lowest BCUT2D eigenvalue weighted by Gasteiger charge is -2.06. The van der Waals surface area contributed by atoms with E-state index < -0.39 is 0 Å². The monoisotopic (exact) mass is 270 g/mol. The number of anilines is 1. The van der Waals surface area contributed by atoms with E-state index in [1.807, 2.05) is 30.3 Å². The van der Waals surface area contributed by atoms with Gasteiger partial charge in [-0.25, -0.2) is 4.79 Å². The minimum absolute atomic E-state index is 0.334. The average molecular weight is 270 g/mol. The van der Waals surface area contributed by atoms with Crippen molar-refractivity contribution in [3.8, 4) is 0 Å². The van der Waals surface area contributed by atoms with E-state index >= 15 is 0 Å². The van der Waals surface area contributed by atoms with E-state index in [0.29, 0.717) is 12.2 Å². The van der Waals surface area contributed by atoms with Gasteiger partial charge < -0.3 is 10.5 Å². The fourth-order valence-corrected chi connectivity index (χ4v) is 1.93. The van der Waals surface area contributed by atoms with Crippen molar-refractivity contribution < 1.29 is 9.53 Å². The van der Waals surface area contributed by atoms with Crippen molar-refractivity contribution in [2.24, 2.45) is 0 Å². The second kappa shape index (κ2) is 6.70. The summed E-state index contributed by atoms with van der Waals surface area (Å²) in [7, 11) is 0. The molecule has 2 aromatic rings. The SMILES string of the molecule is CCOC(=O)c1ccc(CCc2ccccc2N)nc1. The summed E-state index contributed by atoms with van der Waals surface area (Å²) in [6.45, 7) is 2.15. The third-order valence-electron chi connectivity index (χ3n) is 3.04. The standard InChI is InChI=1S/C16H18N2O2/c1-2-20-16(19)13-8-10-14(18-11-13)9-7-12-5-3-4-6-15(12)17/h3-6,8,10-11H,2,7,9,17H2,1H3. The first-order chi connectivity index (χ1) is 9.70. The summed E-state index contributed by atoms with van der Waals surface area (Å²) >= 11 is 0. The van der Waals surface area contributed by atoms with E-state index in [1.54, 1.807) is 19.2 Å². The van der Waals surface area contributed by atoms with Crippen LogP contribution in [-0.2, 0) is 17.6 Å². The first-order valence-corrected chi connectivity index (χ1v) is 6.66. The smallest absolute Gasteiger partial charge is 0.339 e. The first-order valence-electron chi connectivity index (χ1n) is 6.66. The fraction of sp³-hybridized carbons (Fsp3) is 0.250. The van der Waals surface area contributed by atoms with Crippen molar-refractivity contribution >= 4 is 11.7 Å². The molecule has 0 atom stereocenters. The molecule has 0 aliphatic rings. The topological polar surface area (TPSA) is 65.2 Å². The van der Waals surface area contributed by atoms with Gasteiger partial charge in [-0.15, -0.1) is 0 Å². The highest BCUT2D eigenvalue weighted by atomic mass is 16.5. The largest absolute Gasteiger partial charge is 0.462 e. The summed E-state index contributed by atoms with van der Waals surface area (Å²) in [5, 5.41) is 0. The van der Waals surface area contributed by atoms with Crippen LogP contribution in [0.2, 0.25) is 0 Å². The molecule has 0 aliphatic carbocycles. The molecular weight excluding hydrogens is 252 g/mol. The molecule has 104 valence electrons. The number of hydrogen-bond acceptors (Lipinski definition) is 4. The number of pyridine rings is 1. The number of rotatable bonds is 5. The number of benzene rings is 1. The summed E-state index contributed by atoms with van der Waals surface area (Å²) in [5.41, 5.74) is 9.23. The van der Waals surface area contributed by atoms with Crippen LogP contribution in [0.5, 0.6) is 0 Å². The molecule has 2 N–H and O–H groups in total. The normalized spacial score (nSPS) is 10.2. The third-order valence-corrected chi connectivity index (χ3v) is 3.04. The molecule has 0 unspecified atom stereocenters. The molecule has 1 aromatic carbocycles. The lowest BCUT2D eigenvalue weighted by atomic mass is 10.1. The van der Waals surface area contributed by atoms with E-state index in [0.717, 1.165) is 29.8 Å². The maximum Gasteiger partial charge on any atom is 0.339 e. The number of carbonyl (C=O) groups is 1. The number of aryl methyl sites for hydroxylation is 2. The molecule has 1 aromatic heterocycles. The molecule has 0 fully saturated rings. The summed E-state index contributed by atoms with van der Waals surface area (Å²) in [4.78, 5) is 15.8. The molecule has 4 nitrogen and oxygen atoms in total. The molecule has 0 amide bonds. The number of esters is 1. The Balaban J connectivity index is 1.98. The highest BCUT2D eigenvalue weighted by Gasteiger charge is 2.07. The Hall–Kier alpha value is -2.36. The highest BCUT2D eigenvalue weighted by molar-refractivity contribution is 5.88. The molecule has 0 spiro atoms. The summed E-state index contributed by atoms with van der Waals surface area (Å²) in [6, 6.07) is 11.4. The van der Waals surface area contributed by atoms with Gasteiger partial charge in [-0.3, -0.25) is 4.98 Å².